The Labute approximate surface area is 428 Å². The number of rotatable bonds is 19. The Kier molecular flexibility index (Phi) is 17.0. The van der Waals surface area contributed by atoms with Gasteiger partial charge in [0.15, 0.2) is 12.0 Å². The average molecular weight is 1010 g/mol. The highest BCUT2D eigenvalue weighted by Gasteiger charge is 2.31. The van der Waals surface area contributed by atoms with Crippen LogP contribution in [0.1, 0.15) is 69.0 Å². The number of benzene rings is 4. The van der Waals surface area contributed by atoms with Crippen molar-refractivity contribution in [3.63, 3.8) is 0 Å². The maximum Gasteiger partial charge on any atom is 0.323 e. The van der Waals surface area contributed by atoms with Gasteiger partial charge in [-0.2, -0.15) is 10.5 Å². The van der Waals surface area contributed by atoms with E-state index in [1.165, 1.54) is 19.3 Å². The van der Waals surface area contributed by atoms with Crippen LogP contribution in [0.3, 0.4) is 0 Å². The highest BCUT2D eigenvalue weighted by Crippen LogP contribution is 2.39. The Morgan fingerprint density at radius 2 is 1.19 bits per heavy atom. The van der Waals surface area contributed by atoms with Crippen molar-refractivity contribution in [1.82, 2.24) is 19.8 Å². The fraction of sp³-hybridized carbons (Fsp3) is 0.309. The van der Waals surface area contributed by atoms with Gasteiger partial charge in [0, 0.05) is 85.4 Å². The number of hydrogen-bond acceptors (Lipinski definition) is 14. The van der Waals surface area contributed by atoms with Gasteiger partial charge >= 0.3 is 5.97 Å². The largest absolute Gasteiger partial charge is 0.488 e. The lowest BCUT2D eigenvalue weighted by molar-refractivity contribution is -0.151. The van der Waals surface area contributed by atoms with Crippen molar-refractivity contribution in [1.29, 1.82) is 10.5 Å². The number of nitrogens with zero attached hydrogens (tertiary/aromatic N) is 6. The zero-order valence-corrected chi connectivity index (χ0v) is 41.5. The summed E-state index contributed by atoms with van der Waals surface area (Å²) in [7, 11) is 0. The molecule has 15 nitrogen and oxygen atoms in total. The molecule has 8 rings (SSSR count). The SMILES string of the molecule is CC(=O)[C@H]1OCCCN1Cc1cc(Cl)c(OCc2cccc(-c3cccc(COc4cc(OCc5cncc(C#N)c5)c(CN5CCOC[C@@H]5C(=O)O)cc4Cl)c3C)c2C)cc1OCc1cncc(C#N)c1. The van der Waals surface area contributed by atoms with Crippen LogP contribution in [0, 0.1) is 36.5 Å². The fourth-order valence-corrected chi connectivity index (χ4v) is 9.24. The van der Waals surface area contributed by atoms with Crippen LogP contribution in [0.2, 0.25) is 10.0 Å². The van der Waals surface area contributed by atoms with E-state index in [-0.39, 0.29) is 45.4 Å². The molecule has 2 fully saturated rings. The summed E-state index contributed by atoms with van der Waals surface area (Å²) >= 11 is 13.9. The van der Waals surface area contributed by atoms with E-state index >= 15 is 0 Å². The van der Waals surface area contributed by atoms with Crippen LogP contribution in [0.25, 0.3) is 11.1 Å². The van der Waals surface area contributed by atoms with Gasteiger partial charge in [-0.05, 0) is 84.8 Å². The van der Waals surface area contributed by atoms with Crippen LogP contribution in [0.15, 0.2) is 97.6 Å². The van der Waals surface area contributed by atoms with Crippen LogP contribution in [-0.4, -0.2) is 81.8 Å². The molecule has 0 unspecified atom stereocenters. The summed E-state index contributed by atoms with van der Waals surface area (Å²) < 4.78 is 36.9. The lowest BCUT2D eigenvalue weighted by Crippen LogP contribution is -2.49. The van der Waals surface area contributed by atoms with Crippen molar-refractivity contribution < 1.29 is 43.1 Å². The van der Waals surface area contributed by atoms with Crippen LogP contribution >= 0.6 is 23.2 Å². The predicted molar refractivity (Wildman–Crippen MR) is 268 cm³/mol. The Hall–Kier alpha value is -7.08. The number of carboxylic acids is 1. The number of aromatic nitrogens is 2. The molecule has 17 heteroatoms. The first-order valence-electron chi connectivity index (χ1n) is 23.3. The van der Waals surface area contributed by atoms with Gasteiger partial charge in [-0.3, -0.25) is 29.4 Å². The van der Waals surface area contributed by atoms with Crippen LogP contribution < -0.4 is 18.9 Å². The molecule has 0 spiro atoms. The third-order valence-corrected chi connectivity index (χ3v) is 13.2. The predicted octanol–water partition coefficient (Wildman–Crippen LogP) is 9.55. The molecule has 2 aromatic heterocycles. The highest BCUT2D eigenvalue weighted by atomic mass is 35.5. The topological polar surface area (TPSA) is 190 Å². The Morgan fingerprint density at radius 3 is 1.69 bits per heavy atom. The van der Waals surface area contributed by atoms with Gasteiger partial charge in [0.2, 0.25) is 0 Å². The van der Waals surface area contributed by atoms with E-state index in [0.717, 1.165) is 45.4 Å². The minimum absolute atomic E-state index is 0.0621. The fourth-order valence-electron chi connectivity index (χ4n) is 8.75. The van der Waals surface area contributed by atoms with E-state index in [0.29, 0.717) is 93.7 Å². The molecule has 1 N–H and O–H groups in total. The summed E-state index contributed by atoms with van der Waals surface area (Å²) in [5.41, 5.74) is 9.51. The van der Waals surface area contributed by atoms with E-state index in [9.17, 15) is 25.2 Å². The molecular formula is C55H52Cl2N6O9. The number of Topliss-reactive ketones (excluding diaryl/α,β-unsaturated/α-hetero) is 1. The first kappa shape index (κ1) is 51.3. The van der Waals surface area contributed by atoms with Gasteiger partial charge in [-0.15, -0.1) is 0 Å². The number of pyridine rings is 2. The third kappa shape index (κ3) is 12.5. The molecule has 2 saturated heterocycles. The average Bonchev–Trinajstić information content (AvgIpc) is 3.38. The van der Waals surface area contributed by atoms with Gasteiger partial charge in [0.1, 0.15) is 67.6 Å². The first-order chi connectivity index (χ1) is 34.9. The Balaban J connectivity index is 1.01. The van der Waals surface area contributed by atoms with Crippen LogP contribution in [0.4, 0.5) is 0 Å². The number of hydrogen-bond donors (Lipinski definition) is 1. The second kappa shape index (κ2) is 23.9. The molecular weight excluding hydrogens is 960 g/mol. The van der Waals surface area contributed by atoms with Crippen molar-refractivity contribution in [2.75, 3.05) is 32.9 Å². The zero-order chi connectivity index (χ0) is 50.7. The molecule has 4 aromatic carbocycles. The lowest BCUT2D eigenvalue weighted by Gasteiger charge is -2.34. The van der Waals surface area contributed by atoms with Gasteiger partial charge in [-0.25, -0.2) is 0 Å². The van der Waals surface area contributed by atoms with Gasteiger partial charge in [-0.1, -0.05) is 59.6 Å². The third-order valence-electron chi connectivity index (χ3n) is 12.6. The number of morpholine rings is 1. The number of ether oxygens (including phenoxy) is 6. The summed E-state index contributed by atoms with van der Waals surface area (Å²) in [5, 5.41) is 29.5. The van der Waals surface area contributed by atoms with Gasteiger partial charge in [0.05, 0.1) is 41.0 Å². The zero-order valence-electron chi connectivity index (χ0n) is 40.0. The molecule has 0 amide bonds. The van der Waals surface area contributed by atoms with Crippen molar-refractivity contribution in [2.24, 2.45) is 0 Å². The van der Waals surface area contributed by atoms with Crippen molar-refractivity contribution in [2.45, 2.75) is 79.0 Å². The Bertz CT molecular complexity index is 2850. The number of aliphatic carboxylic acids is 1. The summed E-state index contributed by atoms with van der Waals surface area (Å²) in [6.45, 7) is 8.83. The van der Waals surface area contributed by atoms with Crippen molar-refractivity contribution in [3.8, 4) is 46.3 Å². The summed E-state index contributed by atoms with van der Waals surface area (Å²) in [6, 6.07) is 25.9. The monoisotopic (exact) mass is 1010 g/mol. The van der Waals surface area contributed by atoms with Gasteiger partial charge in [0.25, 0.3) is 0 Å². The Morgan fingerprint density at radius 1 is 0.681 bits per heavy atom. The molecule has 0 radical (unpaired) electrons. The van der Waals surface area contributed by atoms with E-state index in [1.807, 2.05) is 41.0 Å². The molecule has 0 aliphatic carbocycles. The summed E-state index contributed by atoms with van der Waals surface area (Å²) in [5.74, 6) is 0.676. The normalized spacial score (nSPS) is 16.0. The molecule has 2 atom stereocenters. The van der Waals surface area contributed by atoms with Crippen LogP contribution in [0.5, 0.6) is 23.0 Å². The molecule has 2 aliphatic heterocycles. The van der Waals surface area contributed by atoms with Crippen LogP contribution in [-0.2, 0) is 58.6 Å². The summed E-state index contributed by atoms with van der Waals surface area (Å²) in [4.78, 5) is 36.7. The number of carbonyl (C=O) groups is 2. The number of carboxylic acid groups (broad SMARTS) is 1. The van der Waals surface area contributed by atoms with E-state index in [2.05, 4.69) is 41.2 Å². The number of nitriles is 2. The summed E-state index contributed by atoms with van der Waals surface area (Å²) in [6.07, 6.45) is 6.33. The number of carbonyl (C=O) groups excluding carboxylic acids is 1. The lowest BCUT2D eigenvalue weighted by atomic mass is 9.92. The smallest absolute Gasteiger partial charge is 0.323 e. The van der Waals surface area contributed by atoms with Gasteiger partial charge < -0.3 is 33.5 Å². The van der Waals surface area contributed by atoms with Crippen molar-refractivity contribution in [3.05, 3.63) is 163 Å². The van der Waals surface area contributed by atoms with E-state index in [4.69, 9.17) is 51.6 Å². The molecule has 2 aliphatic rings. The second-order valence-electron chi connectivity index (χ2n) is 17.6. The standard InChI is InChI=1S/C55H52Cl2N6O9/c1-34-41(31-71-52-19-50(69-29-39-15-37(21-58)23-60-25-39)43(17-47(52)56)27-62-12-14-67-33-49(62)55(65)66)7-4-9-45(34)46-10-5-8-42(35(46)2)32-72-53-20-51(70-30-40-16-38(22-59)24-61-26-40)44(18-48(53)57)28-63-11-6-13-68-54(63)36(3)64/h4-5,7-10,15-20,23-26,49,54H,6,11-14,27-33H2,1-3H3,(H,65,66)/t49-,54-/m1/s1. The quantitative estimate of drug-likeness (QED) is 0.0807. The number of ketones is 1. The van der Waals surface area contributed by atoms with Crippen molar-refractivity contribution >= 4 is 35.0 Å². The minimum Gasteiger partial charge on any atom is -0.488 e. The maximum atomic E-state index is 12.5. The molecule has 72 heavy (non-hydrogen) atoms. The molecule has 0 saturated carbocycles. The number of halogens is 2. The maximum absolute atomic E-state index is 12.5. The highest BCUT2D eigenvalue weighted by molar-refractivity contribution is 6.32. The van der Waals surface area contributed by atoms with E-state index in [1.54, 1.807) is 48.8 Å². The minimum atomic E-state index is -0.982. The molecule has 370 valence electrons. The molecule has 4 heterocycles. The second-order valence-corrected chi connectivity index (χ2v) is 18.4. The first-order valence-corrected chi connectivity index (χ1v) is 24.1. The van der Waals surface area contributed by atoms with E-state index < -0.39 is 18.2 Å². The molecule has 0 bridgehead atoms. The molecule has 6 aromatic rings.